The molecule has 2 aromatic rings. The molecule has 1 N–H and O–H groups in total. The van der Waals surface area contributed by atoms with Crippen LogP contribution in [0.5, 0.6) is 11.5 Å². The molecule has 0 saturated carbocycles. The minimum Gasteiger partial charge on any atom is -0.493 e. The third-order valence-electron chi connectivity index (χ3n) is 3.23. The Morgan fingerprint density at radius 1 is 1.22 bits per heavy atom. The van der Waals surface area contributed by atoms with Crippen LogP contribution in [0.4, 0.5) is 0 Å². The van der Waals surface area contributed by atoms with Gasteiger partial charge >= 0.3 is 0 Å². The number of hydrogen-bond donors (Lipinski definition) is 1. The Morgan fingerprint density at radius 2 is 2.04 bits per heavy atom. The molecule has 118 valence electrons. The summed E-state index contributed by atoms with van der Waals surface area (Å²) in [7, 11) is 1.53. The number of nitrogens with one attached hydrogen (secondary N) is 1. The molecule has 1 amide bonds. The van der Waals surface area contributed by atoms with Gasteiger partial charge in [0, 0.05) is 12.1 Å². The van der Waals surface area contributed by atoms with E-state index in [4.69, 9.17) is 14.7 Å². The predicted octanol–water partition coefficient (Wildman–Crippen LogP) is 2.90. The molecule has 0 saturated heterocycles. The fraction of sp³-hybridized carbons (Fsp3) is 0.222. The largest absolute Gasteiger partial charge is 0.493 e. The van der Waals surface area contributed by atoms with Gasteiger partial charge in [-0.05, 0) is 42.8 Å². The average Bonchev–Trinajstić information content (AvgIpc) is 2.60. The lowest BCUT2D eigenvalue weighted by Gasteiger charge is -2.11. The van der Waals surface area contributed by atoms with Crippen LogP contribution < -0.4 is 14.8 Å². The number of amides is 1. The number of carbonyl (C=O) groups excluding carboxylic acids is 1. The van der Waals surface area contributed by atoms with E-state index in [0.717, 1.165) is 5.56 Å². The molecule has 2 rings (SSSR count). The van der Waals surface area contributed by atoms with E-state index in [9.17, 15) is 4.79 Å². The van der Waals surface area contributed by atoms with Crippen LogP contribution in [0.2, 0.25) is 0 Å². The molecule has 0 spiro atoms. The Hall–Kier alpha value is -3.00. The van der Waals surface area contributed by atoms with Gasteiger partial charge < -0.3 is 14.8 Å². The minimum absolute atomic E-state index is 0.214. The van der Waals surface area contributed by atoms with E-state index in [1.807, 2.05) is 13.0 Å². The number of carbonyl (C=O) groups is 1. The first-order valence-corrected chi connectivity index (χ1v) is 7.26. The molecule has 0 aromatic heterocycles. The summed E-state index contributed by atoms with van der Waals surface area (Å²) in [6, 6.07) is 14.3. The Morgan fingerprint density at radius 3 is 2.74 bits per heavy atom. The maximum absolute atomic E-state index is 12.2. The second-order valence-electron chi connectivity index (χ2n) is 4.79. The molecule has 0 aliphatic carbocycles. The van der Waals surface area contributed by atoms with E-state index < -0.39 is 0 Å². The van der Waals surface area contributed by atoms with Crippen LogP contribution in [-0.2, 0) is 6.54 Å². The number of nitrogens with zero attached hydrogens (tertiary/aromatic N) is 1. The van der Waals surface area contributed by atoms with E-state index in [2.05, 4.69) is 11.4 Å². The summed E-state index contributed by atoms with van der Waals surface area (Å²) in [6.07, 6.45) is 0. The molecule has 0 unspecified atom stereocenters. The van der Waals surface area contributed by atoms with Crippen molar-refractivity contribution >= 4 is 5.91 Å². The zero-order chi connectivity index (χ0) is 16.7. The summed E-state index contributed by atoms with van der Waals surface area (Å²) in [5.74, 6) is 0.910. The second kappa shape index (κ2) is 7.85. The molecule has 0 aliphatic rings. The van der Waals surface area contributed by atoms with E-state index in [1.54, 1.807) is 36.4 Å². The van der Waals surface area contributed by atoms with Crippen LogP contribution in [0.3, 0.4) is 0 Å². The summed E-state index contributed by atoms with van der Waals surface area (Å²) in [6.45, 7) is 2.76. The highest BCUT2D eigenvalue weighted by Gasteiger charge is 2.11. The standard InChI is InChI=1S/C18H18N2O3/c1-3-23-16-8-7-15(10-17(16)22-2)18(21)20-12-14-6-4-5-13(9-14)11-19/h4-10H,3,12H2,1-2H3,(H,20,21). The highest BCUT2D eigenvalue weighted by atomic mass is 16.5. The highest BCUT2D eigenvalue weighted by molar-refractivity contribution is 5.94. The van der Waals surface area contributed by atoms with Gasteiger partial charge in [0.1, 0.15) is 0 Å². The van der Waals surface area contributed by atoms with Crippen molar-refractivity contribution in [2.45, 2.75) is 13.5 Å². The number of nitriles is 1. The van der Waals surface area contributed by atoms with E-state index in [1.165, 1.54) is 7.11 Å². The third-order valence-corrected chi connectivity index (χ3v) is 3.23. The van der Waals surface area contributed by atoms with Crippen molar-refractivity contribution in [1.82, 2.24) is 5.32 Å². The Bertz CT molecular complexity index is 735. The molecule has 0 heterocycles. The first-order valence-electron chi connectivity index (χ1n) is 7.26. The number of ether oxygens (including phenoxy) is 2. The molecule has 5 nitrogen and oxygen atoms in total. The fourth-order valence-electron chi connectivity index (χ4n) is 2.12. The second-order valence-corrected chi connectivity index (χ2v) is 4.79. The highest BCUT2D eigenvalue weighted by Crippen LogP contribution is 2.28. The molecule has 5 heteroatoms. The van der Waals surface area contributed by atoms with Crippen molar-refractivity contribution in [3.05, 3.63) is 59.2 Å². The van der Waals surface area contributed by atoms with Crippen LogP contribution in [0.25, 0.3) is 0 Å². The van der Waals surface area contributed by atoms with Crippen molar-refractivity contribution in [3.8, 4) is 17.6 Å². The van der Waals surface area contributed by atoms with E-state index in [0.29, 0.717) is 35.8 Å². The van der Waals surface area contributed by atoms with Crippen LogP contribution in [0, 0.1) is 11.3 Å². The lowest BCUT2D eigenvalue weighted by Crippen LogP contribution is -2.22. The third kappa shape index (κ3) is 4.24. The van der Waals surface area contributed by atoms with Gasteiger partial charge in [-0.25, -0.2) is 0 Å². The van der Waals surface area contributed by atoms with Crippen LogP contribution in [0.1, 0.15) is 28.4 Å². The van der Waals surface area contributed by atoms with Crippen molar-refractivity contribution in [3.63, 3.8) is 0 Å². The molecule has 0 fully saturated rings. The van der Waals surface area contributed by atoms with Gasteiger partial charge in [-0.15, -0.1) is 0 Å². The molecule has 23 heavy (non-hydrogen) atoms. The topological polar surface area (TPSA) is 71.3 Å². The predicted molar refractivity (Wildman–Crippen MR) is 86.5 cm³/mol. The molecular weight excluding hydrogens is 292 g/mol. The van der Waals surface area contributed by atoms with Gasteiger partial charge in [-0.2, -0.15) is 5.26 Å². The van der Waals surface area contributed by atoms with Crippen LogP contribution >= 0.6 is 0 Å². The Labute approximate surface area is 135 Å². The fourth-order valence-corrected chi connectivity index (χ4v) is 2.12. The number of benzene rings is 2. The zero-order valence-corrected chi connectivity index (χ0v) is 13.1. The Kier molecular flexibility index (Phi) is 5.59. The lowest BCUT2D eigenvalue weighted by molar-refractivity contribution is 0.0950. The summed E-state index contributed by atoms with van der Waals surface area (Å²) >= 11 is 0. The number of hydrogen-bond acceptors (Lipinski definition) is 4. The Balaban J connectivity index is 2.07. The first kappa shape index (κ1) is 16.4. The van der Waals surface area contributed by atoms with Crippen LogP contribution in [-0.4, -0.2) is 19.6 Å². The lowest BCUT2D eigenvalue weighted by atomic mass is 10.1. The summed E-state index contributed by atoms with van der Waals surface area (Å²) in [5, 5.41) is 11.7. The maximum atomic E-state index is 12.2. The molecule has 2 aromatic carbocycles. The SMILES string of the molecule is CCOc1ccc(C(=O)NCc2cccc(C#N)c2)cc1OC. The first-order chi connectivity index (χ1) is 11.2. The average molecular weight is 310 g/mol. The summed E-state index contributed by atoms with van der Waals surface area (Å²) in [4.78, 5) is 12.2. The van der Waals surface area contributed by atoms with E-state index in [-0.39, 0.29) is 5.91 Å². The minimum atomic E-state index is -0.214. The summed E-state index contributed by atoms with van der Waals surface area (Å²) < 4.78 is 10.7. The smallest absolute Gasteiger partial charge is 0.251 e. The molecule has 0 radical (unpaired) electrons. The van der Waals surface area contributed by atoms with Gasteiger partial charge in [0.25, 0.3) is 5.91 Å². The zero-order valence-electron chi connectivity index (χ0n) is 13.1. The van der Waals surface area contributed by atoms with Crippen molar-refractivity contribution in [1.29, 1.82) is 5.26 Å². The normalized spacial score (nSPS) is 9.78. The van der Waals surface area contributed by atoms with Gasteiger partial charge in [-0.1, -0.05) is 12.1 Å². The monoisotopic (exact) mass is 310 g/mol. The van der Waals surface area contributed by atoms with Crippen LogP contribution in [0.15, 0.2) is 42.5 Å². The van der Waals surface area contributed by atoms with Crippen molar-refractivity contribution in [2.75, 3.05) is 13.7 Å². The maximum Gasteiger partial charge on any atom is 0.251 e. The molecule has 0 bridgehead atoms. The van der Waals surface area contributed by atoms with Crippen molar-refractivity contribution < 1.29 is 14.3 Å². The molecule has 0 aliphatic heterocycles. The number of methoxy groups -OCH3 is 1. The van der Waals surface area contributed by atoms with E-state index >= 15 is 0 Å². The van der Waals surface area contributed by atoms with Gasteiger partial charge in [0.05, 0.1) is 25.3 Å². The van der Waals surface area contributed by atoms with Crippen molar-refractivity contribution in [2.24, 2.45) is 0 Å². The molecular formula is C18H18N2O3. The van der Waals surface area contributed by atoms with Gasteiger partial charge in [0.2, 0.25) is 0 Å². The van der Waals surface area contributed by atoms with Gasteiger partial charge in [-0.3, -0.25) is 4.79 Å². The number of rotatable bonds is 6. The molecule has 0 atom stereocenters. The summed E-state index contributed by atoms with van der Waals surface area (Å²) in [5.41, 5.74) is 1.93. The van der Waals surface area contributed by atoms with Gasteiger partial charge in [0.15, 0.2) is 11.5 Å². The quantitative estimate of drug-likeness (QED) is 0.890.